The maximum absolute atomic E-state index is 11.5. The minimum absolute atomic E-state index is 0.0907. The standard InChI is InChI=1S/C17H12N2OS/c1-11(20)13-7-8-15-16(9-13)21-17-18-14(10-19(15)17)12-5-3-2-4-6-12/h2-10H,1H3. The number of nitrogens with zero attached hydrogens (tertiary/aromatic N) is 2. The highest BCUT2D eigenvalue weighted by Gasteiger charge is 2.11. The van der Waals surface area contributed by atoms with Crippen molar-refractivity contribution in [3.05, 3.63) is 60.3 Å². The van der Waals surface area contributed by atoms with E-state index in [0.29, 0.717) is 0 Å². The van der Waals surface area contributed by atoms with Gasteiger partial charge in [-0.3, -0.25) is 9.20 Å². The van der Waals surface area contributed by atoms with E-state index in [9.17, 15) is 4.79 Å². The van der Waals surface area contributed by atoms with E-state index >= 15 is 0 Å². The highest BCUT2D eigenvalue weighted by atomic mass is 32.1. The van der Waals surface area contributed by atoms with Gasteiger partial charge >= 0.3 is 0 Å². The summed E-state index contributed by atoms with van der Waals surface area (Å²) in [7, 11) is 0. The van der Waals surface area contributed by atoms with Crippen LogP contribution in [0.2, 0.25) is 0 Å². The van der Waals surface area contributed by atoms with Crippen LogP contribution in [-0.4, -0.2) is 15.2 Å². The third-order valence-electron chi connectivity index (χ3n) is 3.57. The topological polar surface area (TPSA) is 34.4 Å². The first-order valence-corrected chi connectivity index (χ1v) is 7.52. The van der Waals surface area contributed by atoms with Crippen molar-refractivity contribution in [3.63, 3.8) is 0 Å². The Morgan fingerprint density at radius 3 is 2.71 bits per heavy atom. The monoisotopic (exact) mass is 292 g/mol. The van der Waals surface area contributed by atoms with Crippen LogP contribution < -0.4 is 0 Å². The molecule has 0 fully saturated rings. The summed E-state index contributed by atoms with van der Waals surface area (Å²) >= 11 is 1.61. The molecular formula is C17H12N2OS. The van der Waals surface area contributed by atoms with Gasteiger partial charge in [-0.05, 0) is 25.1 Å². The van der Waals surface area contributed by atoms with E-state index in [1.807, 2.05) is 36.4 Å². The molecule has 0 saturated heterocycles. The van der Waals surface area contributed by atoms with Crippen LogP contribution in [0.3, 0.4) is 0 Å². The smallest absolute Gasteiger partial charge is 0.195 e. The fourth-order valence-electron chi connectivity index (χ4n) is 2.47. The van der Waals surface area contributed by atoms with Crippen LogP contribution in [0.15, 0.2) is 54.7 Å². The Balaban J connectivity index is 1.92. The molecule has 2 aromatic heterocycles. The molecule has 4 heteroatoms. The summed E-state index contributed by atoms with van der Waals surface area (Å²) in [5.41, 5.74) is 3.92. The van der Waals surface area contributed by atoms with Crippen molar-refractivity contribution in [3.8, 4) is 11.3 Å². The van der Waals surface area contributed by atoms with Crippen molar-refractivity contribution in [2.24, 2.45) is 0 Å². The number of benzene rings is 2. The maximum atomic E-state index is 11.5. The van der Waals surface area contributed by atoms with E-state index in [2.05, 4.69) is 22.7 Å². The van der Waals surface area contributed by atoms with Gasteiger partial charge in [0, 0.05) is 17.3 Å². The average molecular weight is 292 g/mol. The fourth-order valence-corrected chi connectivity index (χ4v) is 3.52. The molecule has 21 heavy (non-hydrogen) atoms. The van der Waals surface area contributed by atoms with Crippen molar-refractivity contribution < 1.29 is 4.79 Å². The molecule has 0 amide bonds. The minimum atomic E-state index is 0.0907. The van der Waals surface area contributed by atoms with Gasteiger partial charge in [0.05, 0.1) is 15.9 Å². The fraction of sp³-hybridized carbons (Fsp3) is 0.0588. The average Bonchev–Trinajstić information content (AvgIpc) is 3.04. The van der Waals surface area contributed by atoms with Crippen LogP contribution in [0.5, 0.6) is 0 Å². The molecule has 4 aromatic rings. The van der Waals surface area contributed by atoms with E-state index in [1.54, 1.807) is 18.3 Å². The van der Waals surface area contributed by atoms with Crippen LogP contribution in [0.1, 0.15) is 17.3 Å². The van der Waals surface area contributed by atoms with Crippen molar-refractivity contribution in [2.45, 2.75) is 6.92 Å². The van der Waals surface area contributed by atoms with Gasteiger partial charge in [0.1, 0.15) is 0 Å². The number of fused-ring (bicyclic) bond motifs is 3. The molecule has 2 heterocycles. The lowest BCUT2D eigenvalue weighted by molar-refractivity contribution is 0.101. The third-order valence-corrected chi connectivity index (χ3v) is 4.59. The second-order valence-corrected chi connectivity index (χ2v) is 5.99. The first-order chi connectivity index (χ1) is 10.2. The summed E-state index contributed by atoms with van der Waals surface area (Å²) in [6.45, 7) is 1.59. The summed E-state index contributed by atoms with van der Waals surface area (Å²) < 4.78 is 3.18. The molecule has 4 rings (SSSR count). The Bertz CT molecular complexity index is 966. The molecule has 0 N–H and O–H groups in total. The van der Waals surface area contributed by atoms with Gasteiger partial charge in [-0.15, -0.1) is 0 Å². The van der Waals surface area contributed by atoms with Crippen LogP contribution in [0.25, 0.3) is 26.4 Å². The summed E-state index contributed by atoms with van der Waals surface area (Å²) in [6, 6.07) is 16.0. The first kappa shape index (κ1) is 12.3. The Morgan fingerprint density at radius 2 is 1.95 bits per heavy atom. The Labute approximate surface area is 125 Å². The highest BCUT2D eigenvalue weighted by Crippen LogP contribution is 2.30. The summed E-state index contributed by atoms with van der Waals surface area (Å²) in [4.78, 5) is 17.1. The second-order valence-electron chi connectivity index (χ2n) is 4.99. The predicted octanol–water partition coefficient (Wildman–Crippen LogP) is 4.42. The normalized spacial score (nSPS) is 11.3. The quantitative estimate of drug-likeness (QED) is 0.513. The summed E-state index contributed by atoms with van der Waals surface area (Å²) in [5.74, 6) is 0.0907. The number of Topliss-reactive ketones (excluding diaryl/α,β-unsaturated/α-hetero) is 1. The van der Waals surface area contributed by atoms with Gasteiger partial charge in [-0.1, -0.05) is 41.7 Å². The number of hydrogen-bond donors (Lipinski definition) is 0. The minimum Gasteiger partial charge on any atom is -0.295 e. The lowest BCUT2D eigenvalue weighted by Crippen LogP contribution is -1.90. The van der Waals surface area contributed by atoms with Gasteiger partial charge in [-0.2, -0.15) is 0 Å². The van der Waals surface area contributed by atoms with Crippen molar-refractivity contribution >= 4 is 32.3 Å². The summed E-state index contributed by atoms with van der Waals surface area (Å²) in [5, 5.41) is 0. The number of carbonyl (C=O) groups excluding carboxylic acids is 1. The molecule has 0 radical (unpaired) electrons. The zero-order chi connectivity index (χ0) is 14.4. The molecule has 0 aliphatic heterocycles. The van der Waals surface area contributed by atoms with Crippen molar-refractivity contribution in [1.29, 1.82) is 0 Å². The molecule has 0 spiro atoms. The van der Waals surface area contributed by atoms with Crippen molar-refractivity contribution in [2.75, 3.05) is 0 Å². The zero-order valence-electron chi connectivity index (χ0n) is 11.4. The van der Waals surface area contributed by atoms with E-state index in [-0.39, 0.29) is 5.78 Å². The van der Waals surface area contributed by atoms with Crippen molar-refractivity contribution in [1.82, 2.24) is 9.38 Å². The predicted molar refractivity (Wildman–Crippen MR) is 86.0 cm³/mol. The van der Waals surface area contributed by atoms with E-state index in [1.165, 1.54) is 0 Å². The molecule has 0 unspecified atom stereocenters. The Morgan fingerprint density at radius 1 is 1.14 bits per heavy atom. The van der Waals surface area contributed by atoms with Gasteiger partial charge in [0.25, 0.3) is 0 Å². The van der Waals surface area contributed by atoms with Crippen LogP contribution in [-0.2, 0) is 0 Å². The van der Waals surface area contributed by atoms with Gasteiger partial charge < -0.3 is 0 Å². The Hall–Kier alpha value is -2.46. The number of thiazole rings is 1. The van der Waals surface area contributed by atoms with Crippen LogP contribution in [0.4, 0.5) is 0 Å². The number of carbonyl (C=O) groups is 1. The number of ketones is 1. The number of aromatic nitrogens is 2. The van der Waals surface area contributed by atoms with Crippen LogP contribution >= 0.6 is 11.3 Å². The maximum Gasteiger partial charge on any atom is 0.195 e. The lowest BCUT2D eigenvalue weighted by atomic mass is 10.1. The third kappa shape index (κ3) is 1.96. The first-order valence-electron chi connectivity index (χ1n) is 6.70. The molecule has 0 aliphatic rings. The molecule has 0 atom stereocenters. The Kier molecular flexibility index (Phi) is 2.65. The van der Waals surface area contributed by atoms with Gasteiger partial charge in [-0.25, -0.2) is 4.98 Å². The number of imidazole rings is 1. The largest absolute Gasteiger partial charge is 0.295 e. The lowest BCUT2D eigenvalue weighted by Gasteiger charge is -1.96. The summed E-state index contributed by atoms with van der Waals surface area (Å²) in [6.07, 6.45) is 2.05. The second kappa shape index (κ2) is 4.53. The molecule has 0 bridgehead atoms. The van der Waals surface area contributed by atoms with E-state index in [0.717, 1.165) is 32.0 Å². The molecule has 0 aliphatic carbocycles. The van der Waals surface area contributed by atoms with E-state index < -0.39 is 0 Å². The molecule has 3 nitrogen and oxygen atoms in total. The SMILES string of the molecule is CC(=O)c1ccc2c(c1)sc1nc(-c3ccccc3)cn12. The molecule has 0 saturated carbocycles. The van der Waals surface area contributed by atoms with E-state index in [4.69, 9.17) is 4.98 Å². The highest BCUT2D eigenvalue weighted by molar-refractivity contribution is 7.23. The zero-order valence-corrected chi connectivity index (χ0v) is 12.2. The number of rotatable bonds is 2. The number of hydrogen-bond acceptors (Lipinski definition) is 3. The molecule has 2 aromatic carbocycles. The van der Waals surface area contributed by atoms with Gasteiger partial charge in [0.15, 0.2) is 10.7 Å². The molecule has 102 valence electrons. The molecular weight excluding hydrogens is 280 g/mol. The van der Waals surface area contributed by atoms with Crippen LogP contribution in [0, 0.1) is 0 Å². The van der Waals surface area contributed by atoms with Gasteiger partial charge in [0.2, 0.25) is 0 Å².